The van der Waals surface area contributed by atoms with Gasteiger partial charge >= 0.3 is 0 Å². The molecule has 0 aromatic heterocycles. The van der Waals surface area contributed by atoms with E-state index in [9.17, 15) is 4.39 Å². The predicted octanol–water partition coefficient (Wildman–Crippen LogP) is 2.71. The number of hydrogen-bond donors (Lipinski definition) is 1. The lowest BCUT2D eigenvalue weighted by molar-refractivity contribution is 0.266. The molecule has 1 aromatic carbocycles. The SMILES string of the molecule is NC1(C(F)Cc2ccc(Cl)cc2)CC1. The second-order valence-corrected chi connectivity index (χ2v) is 4.47. The van der Waals surface area contributed by atoms with Crippen molar-refractivity contribution in [3.63, 3.8) is 0 Å². The lowest BCUT2D eigenvalue weighted by Gasteiger charge is -2.14. The van der Waals surface area contributed by atoms with Crippen LogP contribution in [-0.4, -0.2) is 11.7 Å². The maximum atomic E-state index is 13.6. The average molecular weight is 214 g/mol. The van der Waals surface area contributed by atoms with E-state index in [0.29, 0.717) is 11.4 Å². The predicted molar refractivity (Wildman–Crippen MR) is 56.2 cm³/mol. The van der Waals surface area contributed by atoms with E-state index in [0.717, 1.165) is 18.4 Å². The minimum atomic E-state index is -0.927. The summed E-state index contributed by atoms with van der Waals surface area (Å²) in [5, 5.41) is 0.679. The van der Waals surface area contributed by atoms with E-state index in [1.807, 2.05) is 12.1 Å². The third kappa shape index (κ3) is 2.07. The Kier molecular flexibility index (Phi) is 2.50. The minimum Gasteiger partial charge on any atom is -0.323 e. The van der Waals surface area contributed by atoms with E-state index >= 15 is 0 Å². The number of rotatable bonds is 3. The summed E-state index contributed by atoms with van der Waals surface area (Å²) in [5.41, 5.74) is 6.18. The molecule has 1 saturated carbocycles. The number of alkyl halides is 1. The van der Waals surface area contributed by atoms with E-state index in [4.69, 9.17) is 17.3 Å². The van der Waals surface area contributed by atoms with E-state index < -0.39 is 11.7 Å². The van der Waals surface area contributed by atoms with Crippen LogP contribution in [0.15, 0.2) is 24.3 Å². The van der Waals surface area contributed by atoms with Crippen LogP contribution in [-0.2, 0) is 6.42 Å². The van der Waals surface area contributed by atoms with Gasteiger partial charge in [-0.2, -0.15) is 0 Å². The molecule has 2 rings (SSSR count). The van der Waals surface area contributed by atoms with Crippen molar-refractivity contribution in [3.05, 3.63) is 34.9 Å². The molecule has 1 aliphatic carbocycles. The normalized spacial score (nSPS) is 20.5. The summed E-state index contributed by atoms with van der Waals surface area (Å²) in [6, 6.07) is 7.25. The molecule has 0 radical (unpaired) electrons. The number of hydrogen-bond acceptors (Lipinski definition) is 1. The molecule has 1 atom stereocenters. The Hall–Kier alpha value is -0.600. The quantitative estimate of drug-likeness (QED) is 0.821. The summed E-state index contributed by atoms with van der Waals surface area (Å²) in [7, 11) is 0. The fourth-order valence-corrected chi connectivity index (χ4v) is 1.61. The van der Waals surface area contributed by atoms with Crippen molar-refractivity contribution in [1.29, 1.82) is 0 Å². The lowest BCUT2D eigenvalue weighted by atomic mass is 10.0. The van der Waals surface area contributed by atoms with Gasteiger partial charge in [-0.25, -0.2) is 4.39 Å². The molecule has 0 bridgehead atoms. The monoisotopic (exact) mass is 213 g/mol. The topological polar surface area (TPSA) is 26.0 Å². The first-order chi connectivity index (χ1) is 6.60. The molecule has 76 valence electrons. The molecule has 0 spiro atoms. The van der Waals surface area contributed by atoms with Crippen molar-refractivity contribution >= 4 is 11.6 Å². The Morgan fingerprint density at radius 3 is 2.43 bits per heavy atom. The Morgan fingerprint density at radius 2 is 1.93 bits per heavy atom. The second kappa shape index (κ2) is 3.52. The molecule has 0 heterocycles. The molecule has 1 nitrogen and oxygen atoms in total. The first kappa shape index (κ1) is 9.94. The third-order valence-corrected chi connectivity index (χ3v) is 3.03. The summed E-state index contributed by atoms with van der Waals surface area (Å²) >= 11 is 5.73. The Labute approximate surface area is 88.1 Å². The Bertz CT molecular complexity index is 319. The largest absolute Gasteiger partial charge is 0.323 e. The molecular weight excluding hydrogens is 201 g/mol. The van der Waals surface area contributed by atoms with Crippen LogP contribution < -0.4 is 5.73 Å². The number of nitrogens with two attached hydrogens (primary N) is 1. The molecule has 0 saturated heterocycles. The number of halogens is 2. The van der Waals surface area contributed by atoms with Crippen LogP contribution in [0.2, 0.25) is 5.02 Å². The van der Waals surface area contributed by atoms with Crippen LogP contribution in [0.3, 0.4) is 0 Å². The van der Waals surface area contributed by atoms with Gasteiger partial charge in [-0.3, -0.25) is 0 Å². The average Bonchev–Trinajstić information content (AvgIpc) is 2.89. The van der Waals surface area contributed by atoms with Crippen LogP contribution in [0.25, 0.3) is 0 Å². The van der Waals surface area contributed by atoms with Crippen molar-refractivity contribution in [3.8, 4) is 0 Å². The van der Waals surface area contributed by atoms with Crippen molar-refractivity contribution in [2.45, 2.75) is 31.0 Å². The molecule has 1 unspecified atom stereocenters. The number of benzene rings is 1. The zero-order chi connectivity index (χ0) is 10.2. The van der Waals surface area contributed by atoms with E-state index in [1.54, 1.807) is 12.1 Å². The molecule has 1 fully saturated rings. The van der Waals surface area contributed by atoms with Gasteiger partial charge in [0.1, 0.15) is 6.17 Å². The highest BCUT2D eigenvalue weighted by Gasteiger charge is 2.46. The van der Waals surface area contributed by atoms with E-state index in [2.05, 4.69) is 0 Å². The van der Waals surface area contributed by atoms with Crippen LogP contribution in [0, 0.1) is 0 Å². The fraction of sp³-hybridized carbons (Fsp3) is 0.455. The Morgan fingerprint density at radius 1 is 1.36 bits per heavy atom. The van der Waals surface area contributed by atoms with E-state index in [1.165, 1.54) is 0 Å². The van der Waals surface area contributed by atoms with Crippen LogP contribution in [0.5, 0.6) is 0 Å². The van der Waals surface area contributed by atoms with Crippen molar-refractivity contribution < 1.29 is 4.39 Å². The molecule has 1 aromatic rings. The summed E-state index contributed by atoms with van der Waals surface area (Å²) in [4.78, 5) is 0. The standard InChI is InChI=1S/C11H13ClFN/c12-9-3-1-8(2-4-9)7-10(13)11(14)5-6-11/h1-4,10H,5-7,14H2. The van der Waals surface area contributed by atoms with Gasteiger partial charge in [0.15, 0.2) is 0 Å². The second-order valence-electron chi connectivity index (χ2n) is 4.03. The van der Waals surface area contributed by atoms with Crippen molar-refractivity contribution in [2.75, 3.05) is 0 Å². The van der Waals surface area contributed by atoms with Gasteiger partial charge in [0.2, 0.25) is 0 Å². The molecule has 3 heteroatoms. The van der Waals surface area contributed by atoms with Crippen molar-refractivity contribution in [2.24, 2.45) is 5.73 Å². The van der Waals surface area contributed by atoms with Crippen LogP contribution in [0.4, 0.5) is 4.39 Å². The summed E-state index contributed by atoms with van der Waals surface area (Å²) in [5.74, 6) is 0. The Balaban J connectivity index is 2.00. The molecule has 14 heavy (non-hydrogen) atoms. The summed E-state index contributed by atoms with van der Waals surface area (Å²) in [6.45, 7) is 0. The van der Waals surface area contributed by atoms with Gasteiger partial charge < -0.3 is 5.73 Å². The molecule has 1 aliphatic rings. The zero-order valence-electron chi connectivity index (χ0n) is 7.84. The van der Waals surface area contributed by atoms with Gasteiger partial charge in [0, 0.05) is 17.0 Å². The first-order valence-electron chi connectivity index (χ1n) is 4.77. The van der Waals surface area contributed by atoms with Gasteiger partial charge in [-0.05, 0) is 30.5 Å². The summed E-state index contributed by atoms with van der Waals surface area (Å²) in [6.07, 6.45) is 1.08. The van der Waals surface area contributed by atoms with Gasteiger partial charge in [0.05, 0.1) is 0 Å². The molecular formula is C11H13ClFN. The maximum absolute atomic E-state index is 13.6. The molecule has 2 N–H and O–H groups in total. The van der Waals surface area contributed by atoms with E-state index in [-0.39, 0.29) is 0 Å². The lowest BCUT2D eigenvalue weighted by Crippen LogP contribution is -2.35. The van der Waals surface area contributed by atoms with Gasteiger partial charge in [-0.15, -0.1) is 0 Å². The highest BCUT2D eigenvalue weighted by atomic mass is 35.5. The summed E-state index contributed by atoms with van der Waals surface area (Å²) < 4.78 is 13.6. The van der Waals surface area contributed by atoms with Crippen LogP contribution >= 0.6 is 11.6 Å². The smallest absolute Gasteiger partial charge is 0.122 e. The maximum Gasteiger partial charge on any atom is 0.122 e. The highest BCUT2D eigenvalue weighted by Crippen LogP contribution is 2.38. The highest BCUT2D eigenvalue weighted by molar-refractivity contribution is 6.30. The van der Waals surface area contributed by atoms with Crippen molar-refractivity contribution in [1.82, 2.24) is 0 Å². The molecule has 0 amide bonds. The minimum absolute atomic E-state index is 0.396. The zero-order valence-corrected chi connectivity index (χ0v) is 8.60. The fourth-order valence-electron chi connectivity index (χ4n) is 1.49. The van der Waals surface area contributed by atoms with Crippen LogP contribution in [0.1, 0.15) is 18.4 Å². The van der Waals surface area contributed by atoms with Gasteiger partial charge in [-0.1, -0.05) is 23.7 Å². The van der Waals surface area contributed by atoms with Gasteiger partial charge in [0.25, 0.3) is 0 Å². The third-order valence-electron chi connectivity index (χ3n) is 2.78. The molecule has 0 aliphatic heterocycles. The first-order valence-corrected chi connectivity index (χ1v) is 5.15.